The molecule has 142 valence electrons. The molecule has 1 saturated heterocycles. The van der Waals surface area contributed by atoms with E-state index in [1.54, 1.807) is 6.07 Å². The average molecular weight is 399 g/mol. The van der Waals surface area contributed by atoms with E-state index in [9.17, 15) is 13.2 Å². The maximum Gasteiger partial charge on any atom is 0.303 e. The molecule has 0 unspecified atom stereocenters. The maximum atomic E-state index is 11.9. The molecule has 0 spiro atoms. The molecule has 10 heteroatoms. The number of sulfone groups is 1. The molecule has 8 nitrogen and oxygen atoms in total. The second kappa shape index (κ2) is 7.85. The lowest BCUT2D eigenvalue weighted by Crippen LogP contribution is -2.34. The molecule has 0 aromatic carbocycles. The van der Waals surface area contributed by atoms with E-state index in [1.165, 1.54) is 13.2 Å². The van der Waals surface area contributed by atoms with E-state index >= 15 is 0 Å². The minimum atomic E-state index is -3.31. The van der Waals surface area contributed by atoms with Gasteiger partial charge in [0.15, 0.2) is 14.0 Å². The van der Waals surface area contributed by atoms with Gasteiger partial charge in [-0.05, 0) is 31.5 Å². The Morgan fingerprint density at radius 2 is 2.19 bits per heavy atom. The van der Waals surface area contributed by atoms with Crippen molar-refractivity contribution in [3.63, 3.8) is 0 Å². The fraction of sp³-hybridized carbons (Fsp3) is 0.562. The Kier molecular flexibility index (Phi) is 5.73. The van der Waals surface area contributed by atoms with Crippen LogP contribution in [0.15, 0.2) is 20.8 Å². The summed E-state index contributed by atoms with van der Waals surface area (Å²) in [6.45, 7) is 3.70. The summed E-state index contributed by atoms with van der Waals surface area (Å²) in [6.07, 6.45) is 3.03. The van der Waals surface area contributed by atoms with Gasteiger partial charge in [-0.3, -0.25) is 9.69 Å². The van der Waals surface area contributed by atoms with Crippen molar-refractivity contribution >= 4 is 27.3 Å². The first-order valence-electron chi connectivity index (χ1n) is 8.28. The Hall–Kier alpha value is -1.78. The van der Waals surface area contributed by atoms with Gasteiger partial charge in [0.05, 0.1) is 12.2 Å². The number of ether oxygens (including phenoxy) is 1. The Morgan fingerprint density at radius 1 is 1.42 bits per heavy atom. The van der Waals surface area contributed by atoms with E-state index in [-0.39, 0.29) is 22.7 Å². The fourth-order valence-corrected chi connectivity index (χ4v) is 4.83. The van der Waals surface area contributed by atoms with Crippen LogP contribution in [-0.4, -0.2) is 48.2 Å². The predicted molar refractivity (Wildman–Crippen MR) is 94.4 cm³/mol. The fourth-order valence-electron chi connectivity index (χ4n) is 3.10. The van der Waals surface area contributed by atoms with Crippen molar-refractivity contribution in [3.8, 4) is 0 Å². The van der Waals surface area contributed by atoms with Gasteiger partial charge >= 0.3 is 5.97 Å². The molecule has 1 aliphatic heterocycles. The summed E-state index contributed by atoms with van der Waals surface area (Å²) in [7, 11) is -3.31. The van der Waals surface area contributed by atoms with Crippen LogP contribution in [0, 0.1) is 0 Å². The third-order valence-corrected chi connectivity index (χ3v) is 6.78. The lowest BCUT2D eigenvalue weighted by Gasteiger charge is -2.31. The van der Waals surface area contributed by atoms with Gasteiger partial charge in [-0.2, -0.15) is 0 Å². The van der Waals surface area contributed by atoms with E-state index in [4.69, 9.17) is 9.15 Å². The van der Waals surface area contributed by atoms with Crippen molar-refractivity contribution in [1.29, 1.82) is 0 Å². The summed E-state index contributed by atoms with van der Waals surface area (Å²) in [5, 5.41) is 4.08. The van der Waals surface area contributed by atoms with Crippen molar-refractivity contribution in [3.05, 3.63) is 29.3 Å². The topological polar surface area (TPSA) is 103 Å². The lowest BCUT2D eigenvalue weighted by molar-refractivity contribution is -0.142. The highest BCUT2D eigenvalue weighted by Crippen LogP contribution is 2.32. The van der Waals surface area contributed by atoms with Crippen LogP contribution in [0.4, 0.5) is 0 Å². The molecule has 1 aliphatic rings. The van der Waals surface area contributed by atoms with Gasteiger partial charge in [-0.15, -0.1) is 5.10 Å². The monoisotopic (exact) mass is 399 g/mol. The van der Waals surface area contributed by atoms with Crippen molar-refractivity contribution < 1.29 is 22.4 Å². The third-order valence-electron chi connectivity index (χ3n) is 4.22. The van der Waals surface area contributed by atoms with Crippen LogP contribution in [0.25, 0.3) is 0 Å². The Morgan fingerprint density at radius 3 is 2.92 bits per heavy atom. The summed E-state index contributed by atoms with van der Waals surface area (Å²) < 4.78 is 38.6. The SMILES string of the molecule is CC(=O)OCc1ccc(CN2CCC[C@H](c3nnsc3S(C)(=O)=O)C2)o1. The van der Waals surface area contributed by atoms with Crippen LogP contribution in [0.5, 0.6) is 0 Å². The van der Waals surface area contributed by atoms with Crippen LogP contribution in [0.2, 0.25) is 0 Å². The second-order valence-electron chi connectivity index (χ2n) is 6.44. The second-order valence-corrected chi connectivity index (χ2v) is 9.41. The summed E-state index contributed by atoms with van der Waals surface area (Å²) in [6, 6.07) is 3.67. The van der Waals surface area contributed by atoms with Gasteiger partial charge in [0, 0.05) is 37.2 Å². The number of carbonyl (C=O) groups is 1. The Labute approximate surface area is 156 Å². The van der Waals surface area contributed by atoms with Crippen LogP contribution < -0.4 is 0 Å². The minimum absolute atomic E-state index is 0.0442. The highest BCUT2D eigenvalue weighted by Gasteiger charge is 2.29. The average Bonchev–Trinajstić information content (AvgIpc) is 3.22. The molecule has 0 amide bonds. The summed E-state index contributed by atoms with van der Waals surface area (Å²) in [5.41, 5.74) is 0.581. The van der Waals surface area contributed by atoms with Crippen molar-refractivity contribution in [1.82, 2.24) is 14.5 Å². The molecule has 0 N–H and O–H groups in total. The molecular formula is C16H21N3O5S2. The van der Waals surface area contributed by atoms with Gasteiger partial charge in [-0.25, -0.2) is 8.42 Å². The van der Waals surface area contributed by atoms with Gasteiger partial charge in [0.25, 0.3) is 0 Å². The molecule has 0 bridgehead atoms. The number of aromatic nitrogens is 2. The first-order valence-corrected chi connectivity index (χ1v) is 10.9. The van der Waals surface area contributed by atoms with Gasteiger partial charge < -0.3 is 9.15 Å². The zero-order valence-electron chi connectivity index (χ0n) is 14.7. The molecule has 2 aromatic heterocycles. The van der Waals surface area contributed by atoms with E-state index in [1.807, 2.05) is 6.07 Å². The largest absolute Gasteiger partial charge is 0.461 e. The summed E-state index contributed by atoms with van der Waals surface area (Å²) in [5.74, 6) is 1.09. The maximum absolute atomic E-state index is 11.9. The van der Waals surface area contributed by atoms with E-state index in [2.05, 4.69) is 14.5 Å². The van der Waals surface area contributed by atoms with Crippen LogP contribution in [0.3, 0.4) is 0 Å². The van der Waals surface area contributed by atoms with Crippen molar-refractivity contribution in [2.24, 2.45) is 0 Å². The zero-order valence-corrected chi connectivity index (χ0v) is 16.3. The molecule has 0 aliphatic carbocycles. The summed E-state index contributed by atoms with van der Waals surface area (Å²) in [4.78, 5) is 13.1. The number of rotatable bonds is 6. The molecule has 2 aromatic rings. The van der Waals surface area contributed by atoms with Gasteiger partial charge in [-0.1, -0.05) is 4.49 Å². The highest BCUT2D eigenvalue weighted by atomic mass is 32.2. The normalized spacial score (nSPS) is 18.8. The Bertz CT molecular complexity index is 874. The van der Waals surface area contributed by atoms with Crippen LogP contribution in [0.1, 0.15) is 42.9 Å². The number of nitrogens with zero attached hydrogens (tertiary/aromatic N) is 3. The number of hydrogen-bond acceptors (Lipinski definition) is 9. The van der Waals surface area contributed by atoms with Crippen LogP contribution in [-0.2, 0) is 32.5 Å². The zero-order chi connectivity index (χ0) is 18.7. The molecule has 0 radical (unpaired) electrons. The third kappa shape index (κ3) is 4.68. The molecule has 0 saturated carbocycles. The highest BCUT2D eigenvalue weighted by molar-refractivity contribution is 7.92. The molecular weight excluding hydrogens is 378 g/mol. The molecule has 26 heavy (non-hydrogen) atoms. The number of hydrogen-bond donors (Lipinski definition) is 0. The predicted octanol–water partition coefficient (Wildman–Crippen LogP) is 1.98. The van der Waals surface area contributed by atoms with Crippen LogP contribution >= 0.6 is 11.5 Å². The van der Waals surface area contributed by atoms with Gasteiger partial charge in [0.2, 0.25) is 0 Å². The number of furan rings is 1. The molecule has 1 atom stereocenters. The number of esters is 1. The summed E-state index contributed by atoms with van der Waals surface area (Å²) >= 11 is 0.939. The molecule has 1 fully saturated rings. The van der Waals surface area contributed by atoms with E-state index in [0.29, 0.717) is 24.5 Å². The van der Waals surface area contributed by atoms with E-state index < -0.39 is 9.84 Å². The lowest BCUT2D eigenvalue weighted by atomic mass is 9.95. The quantitative estimate of drug-likeness (QED) is 0.680. The number of piperidine rings is 1. The molecule has 3 heterocycles. The van der Waals surface area contributed by atoms with Crippen molar-refractivity contribution in [2.45, 2.75) is 43.0 Å². The van der Waals surface area contributed by atoms with Crippen molar-refractivity contribution in [2.75, 3.05) is 19.3 Å². The van der Waals surface area contributed by atoms with E-state index in [0.717, 1.165) is 36.7 Å². The Balaban J connectivity index is 1.64. The smallest absolute Gasteiger partial charge is 0.303 e. The minimum Gasteiger partial charge on any atom is -0.461 e. The first kappa shape index (κ1) is 19.0. The number of likely N-dealkylation sites (tertiary alicyclic amines) is 1. The first-order chi connectivity index (χ1) is 12.3. The number of carbonyl (C=O) groups excluding carboxylic acids is 1. The van der Waals surface area contributed by atoms with Gasteiger partial charge in [0.1, 0.15) is 18.1 Å². The molecule has 3 rings (SSSR count). The standard InChI is InChI=1S/C16H21N3O5S2/c1-11(20)23-10-14-6-5-13(24-14)9-19-7-3-4-12(8-19)15-16(25-18-17-15)26(2,21)22/h5-6,12H,3-4,7-10H2,1-2H3/t12-/m0/s1.